The van der Waals surface area contributed by atoms with Crippen LogP contribution in [-0.2, 0) is 11.0 Å². The second-order valence-corrected chi connectivity index (χ2v) is 7.86. The number of carbonyl (C=O) groups is 3. The molecule has 3 amide bonds. The monoisotopic (exact) mass is 466 g/mol. The normalized spacial score (nSPS) is 16.6. The fraction of sp³-hybridized carbons (Fsp3) is 0.333. The Kier molecular flexibility index (Phi) is 5.81. The minimum absolute atomic E-state index is 0.00917. The first-order chi connectivity index (χ1) is 15.2. The summed E-state index contributed by atoms with van der Waals surface area (Å²) in [5, 5.41) is -0.106. The molecule has 0 N–H and O–H groups in total. The Balaban J connectivity index is 1.32. The molecule has 2 aromatic rings. The number of aromatic nitrogens is 1. The Morgan fingerprint density at radius 3 is 2.16 bits per heavy atom. The lowest BCUT2D eigenvalue weighted by molar-refractivity contribution is -0.138. The van der Waals surface area contributed by atoms with Gasteiger partial charge in [0.05, 0.1) is 21.7 Å². The van der Waals surface area contributed by atoms with Crippen LogP contribution in [0.15, 0.2) is 36.5 Å². The average Bonchev–Trinajstić information content (AvgIpc) is 3.01. The highest BCUT2D eigenvalue weighted by Crippen LogP contribution is 2.33. The molecule has 0 radical (unpaired) electrons. The highest BCUT2D eigenvalue weighted by Gasteiger charge is 2.36. The van der Waals surface area contributed by atoms with Crippen molar-refractivity contribution in [1.82, 2.24) is 14.8 Å². The van der Waals surface area contributed by atoms with Gasteiger partial charge < -0.3 is 9.80 Å². The molecular weight excluding hydrogens is 449 g/mol. The summed E-state index contributed by atoms with van der Waals surface area (Å²) in [5.74, 6) is -0.803. The zero-order chi connectivity index (χ0) is 23.0. The molecule has 32 heavy (non-hydrogen) atoms. The molecule has 168 valence electrons. The molecule has 0 atom stereocenters. The van der Waals surface area contributed by atoms with Crippen LogP contribution in [0.2, 0.25) is 5.02 Å². The Labute approximate surface area is 186 Å². The van der Waals surface area contributed by atoms with Gasteiger partial charge in [-0.15, -0.1) is 0 Å². The van der Waals surface area contributed by atoms with Crippen molar-refractivity contribution in [2.24, 2.45) is 0 Å². The minimum Gasteiger partial charge on any atom is -0.352 e. The number of piperazine rings is 1. The molecule has 7 nitrogen and oxygen atoms in total. The van der Waals surface area contributed by atoms with Gasteiger partial charge >= 0.3 is 6.18 Å². The molecule has 0 spiro atoms. The topological polar surface area (TPSA) is 73.8 Å². The van der Waals surface area contributed by atoms with Gasteiger partial charge in [0.1, 0.15) is 5.82 Å². The summed E-state index contributed by atoms with van der Waals surface area (Å²) >= 11 is 6.00. The number of imide groups is 1. The molecule has 0 bridgehead atoms. The van der Waals surface area contributed by atoms with Gasteiger partial charge in [-0.2, -0.15) is 13.2 Å². The van der Waals surface area contributed by atoms with Crippen molar-refractivity contribution < 1.29 is 27.6 Å². The lowest BCUT2D eigenvalue weighted by Crippen LogP contribution is -2.49. The van der Waals surface area contributed by atoms with E-state index >= 15 is 0 Å². The number of benzene rings is 1. The van der Waals surface area contributed by atoms with Crippen LogP contribution in [0.3, 0.4) is 0 Å². The Morgan fingerprint density at radius 1 is 1.03 bits per heavy atom. The van der Waals surface area contributed by atoms with E-state index in [1.807, 2.05) is 0 Å². The van der Waals surface area contributed by atoms with Gasteiger partial charge in [-0.1, -0.05) is 23.7 Å². The summed E-state index contributed by atoms with van der Waals surface area (Å²) in [7, 11) is 0. The molecule has 0 saturated carbocycles. The average molecular weight is 467 g/mol. The van der Waals surface area contributed by atoms with Crippen molar-refractivity contribution in [3.05, 3.63) is 58.2 Å². The number of alkyl halides is 3. The maximum Gasteiger partial charge on any atom is 0.417 e. The number of hydrogen-bond donors (Lipinski definition) is 0. The van der Waals surface area contributed by atoms with Crippen LogP contribution >= 0.6 is 11.6 Å². The van der Waals surface area contributed by atoms with Crippen molar-refractivity contribution in [1.29, 1.82) is 0 Å². The molecule has 1 aromatic carbocycles. The van der Waals surface area contributed by atoms with Crippen molar-refractivity contribution in [2.75, 3.05) is 37.6 Å². The fourth-order valence-corrected chi connectivity index (χ4v) is 4.08. The number of anilines is 1. The van der Waals surface area contributed by atoms with E-state index in [-0.39, 0.29) is 29.7 Å². The predicted molar refractivity (Wildman–Crippen MR) is 109 cm³/mol. The van der Waals surface area contributed by atoms with Gasteiger partial charge in [-0.3, -0.25) is 19.3 Å². The molecule has 3 heterocycles. The summed E-state index contributed by atoms with van der Waals surface area (Å²) in [6.07, 6.45) is -3.80. The van der Waals surface area contributed by atoms with E-state index in [9.17, 15) is 27.6 Å². The summed E-state index contributed by atoms with van der Waals surface area (Å²) in [6.45, 7) is 1.31. The van der Waals surface area contributed by atoms with E-state index in [2.05, 4.69) is 4.98 Å². The van der Waals surface area contributed by atoms with Crippen LogP contribution < -0.4 is 4.90 Å². The number of hydrogen-bond acceptors (Lipinski definition) is 5. The van der Waals surface area contributed by atoms with Crippen molar-refractivity contribution in [2.45, 2.75) is 12.6 Å². The molecule has 1 fully saturated rings. The maximum atomic E-state index is 12.8. The van der Waals surface area contributed by atoms with E-state index in [1.54, 1.807) is 34.1 Å². The lowest BCUT2D eigenvalue weighted by Gasteiger charge is -2.36. The molecule has 0 unspecified atom stereocenters. The number of nitrogens with zero attached hydrogens (tertiary/aromatic N) is 4. The van der Waals surface area contributed by atoms with Gasteiger partial charge in [0.25, 0.3) is 11.8 Å². The Bertz CT molecular complexity index is 1050. The molecule has 2 aliphatic heterocycles. The highest BCUT2D eigenvalue weighted by molar-refractivity contribution is 6.33. The predicted octanol–water partition coefficient (Wildman–Crippen LogP) is 3.09. The van der Waals surface area contributed by atoms with Gasteiger partial charge in [0, 0.05) is 45.3 Å². The Hall–Kier alpha value is -3.14. The number of rotatable bonds is 4. The zero-order valence-corrected chi connectivity index (χ0v) is 17.5. The molecule has 11 heteroatoms. The summed E-state index contributed by atoms with van der Waals surface area (Å²) in [4.78, 5) is 45.6. The smallest absolute Gasteiger partial charge is 0.352 e. The van der Waals surface area contributed by atoms with Crippen LogP contribution in [0, 0.1) is 0 Å². The van der Waals surface area contributed by atoms with Crippen LogP contribution in [0.4, 0.5) is 19.0 Å². The fourth-order valence-electron chi connectivity index (χ4n) is 3.79. The number of pyridine rings is 1. The van der Waals surface area contributed by atoms with Crippen molar-refractivity contribution in [3.8, 4) is 0 Å². The third-order valence-electron chi connectivity index (χ3n) is 5.51. The van der Waals surface area contributed by atoms with E-state index in [0.717, 1.165) is 17.2 Å². The second-order valence-electron chi connectivity index (χ2n) is 7.45. The summed E-state index contributed by atoms with van der Waals surface area (Å²) < 4.78 is 38.4. The maximum absolute atomic E-state index is 12.8. The third kappa shape index (κ3) is 4.14. The minimum atomic E-state index is -4.53. The van der Waals surface area contributed by atoms with Gasteiger partial charge in [0.15, 0.2) is 0 Å². The largest absolute Gasteiger partial charge is 0.417 e. The van der Waals surface area contributed by atoms with Gasteiger partial charge in [-0.25, -0.2) is 4.98 Å². The standard InChI is InChI=1S/C21H18ClF3N4O3/c22-16-11-13(21(23,24)25)12-26-18(16)28-9-7-27(8-10-28)17(30)5-6-29-19(31)14-3-1-2-4-15(14)20(29)32/h1-4,11-12H,5-10H2. The van der Waals surface area contributed by atoms with Crippen LogP contribution in [0.1, 0.15) is 32.7 Å². The number of fused-ring (bicyclic) bond motifs is 1. The Morgan fingerprint density at radius 2 is 1.62 bits per heavy atom. The van der Waals surface area contributed by atoms with Crippen LogP contribution in [0.25, 0.3) is 0 Å². The molecule has 1 saturated heterocycles. The first-order valence-corrected chi connectivity index (χ1v) is 10.3. The van der Waals surface area contributed by atoms with Crippen LogP contribution in [0.5, 0.6) is 0 Å². The van der Waals surface area contributed by atoms with Crippen LogP contribution in [-0.4, -0.2) is 65.2 Å². The van der Waals surface area contributed by atoms with Crippen molar-refractivity contribution >= 4 is 35.1 Å². The highest BCUT2D eigenvalue weighted by atomic mass is 35.5. The number of carbonyl (C=O) groups excluding carboxylic acids is 3. The first kappa shape index (κ1) is 22.1. The molecular formula is C21H18ClF3N4O3. The quantitative estimate of drug-likeness (QED) is 0.647. The number of amides is 3. The molecule has 2 aliphatic rings. The van der Waals surface area contributed by atoms with Gasteiger partial charge in [-0.05, 0) is 18.2 Å². The van der Waals surface area contributed by atoms with E-state index in [1.165, 1.54) is 0 Å². The van der Waals surface area contributed by atoms with E-state index in [0.29, 0.717) is 37.3 Å². The molecule has 4 rings (SSSR count). The SMILES string of the molecule is O=C(CCN1C(=O)c2ccccc2C1=O)N1CCN(c2ncc(C(F)(F)F)cc2Cl)CC1. The number of halogens is 4. The molecule has 0 aliphatic carbocycles. The van der Waals surface area contributed by atoms with Gasteiger partial charge in [0.2, 0.25) is 5.91 Å². The molecule has 1 aromatic heterocycles. The second kappa shape index (κ2) is 8.42. The third-order valence-corrected chi connectivity index (χ3v) is 5.79. The lowest BCUT2D eigenvalue weighted by atomic mass is 10.1. The summed E-state index contributed by atoms with van der Waals surface area (Å²) in [5.41, 5.74) is -0.257. The van der Waals surface area contributed by atoms with Crippen molar-refractivity contribution in [3.63, 3.8) is 0 Å². The van der Waals surface area contributed by atoms with E-state index < -0.39 is 23.6 Å². The summed E-state index contributed by atoms with van der Waals surface area (Å²) in [6, 6.07) is 7.35. The van der Waals surface area contributed by atoms with E-state index in [4.69, 9.17) is 11.6 Å². The first-order valence-electron chi connectivity index (χ1n) is 9.87. The zero-order valence-electron chi connectivity index (χ0n) is 16.7.